The Morgan fingerprint density at radius 2 is 1.96 bits per heavy atom. The smallest absolute Gasteiger partial charge is 0.210 e. The molecular formula is C24H33FO3. The molecule has 0 bridgehead atoms. The first-order valence-electron chi connectivity index (χ1n) is 10.7. The number of ether oxygens (including phenoxy) is 3. The summed E-state index contributed by atoms with van der Waals surface area (Å²) < 4.78 is 32.4. The molecule has 1 aromatic carbocycles. The SMILES string of the molecule is CCCC1(CCC)OCc2cc(C3=CCC(CCOCC)C(F)=C3)ccc2O1. The molecule has 2 aliphatic rings. The van der Waals surface area contributed by atoms with Crippen molar-refractivity contribution in [2.45, 2.75) is 71.7 Å². The maximum atomic E-state index is 14.5. The van der Waals surface area contributed by atoms with Crippen LogP contribution in [0.15, 0.2) is 36.2 Å². The molecule has 1 unspecified atom stereocenters. The average molecular weight is 389 g/mol. The van der Waals surface area contributed by atoms with Crippen LogP contribution >= 0.6 is 0 Å². The Hall–Kier alpha value is -1.65. The topological polar surface area (TPSA) is 27.7 Å². The van der Waals surface area contributed by atoms with Gasteiger partial charge in [-0.05, 0) is 62.0 Å². The summed E-state index contributed by atoms with van der Waals surface area (Å²) in [6.45, 7) is 8.09. The number of halogens is 1. The minimum atomic E-state index is -0.498. The Morgan fingerprint density at radius 1 is 1.18 bits per heavy atom. The van der Waals surface area contributed by atoms with Gasteiger partial charge in [0.25, 0.3) is 0 Å². The first-order chi connectivity index (χ1) is 13.6. The van der Waals surface area contributed by atoms with Crippen LogP contribution < -0.4 is 4.74 Å². The molecule has 0 N–H and O–H groups in total. The van der Waals surface area contributed by atoms with Gasteiger partial charge in [-0.3, -0.25) is 0 Å². The van der Waals surface area contributed by atoms with E-state index in [-0.39, 0.29) is 11.7 Å². The third-order valence-corrected chi connectivity index (χ3v) is 5.56. The summed E-state index contributed by atoms with van der Waals surface area (Å²) in [5, 5.41) is 0. The highest BCUT2D eigenvalue weighted by Gasteiger charge is 2.36. The minimum absolute atomic E-state index is 0.0488. The van der Waals surface area contributed by atoms with E-state index in [0.717, 1.165) is 54.6 Å². The van der Waals surface area contributed by atoms with E-state index in [2.05, 4.69) is 26.0 Å². The lowest BCUT2D eigenvalue weighted by molar-refractivity contribution is -0.214. The van der Waals surface area contributed by atoms with Crippen LogP contribution in [0.5, 0.6) is 5.75 Å². The molecule has 0 radical (unpaired) electrons. The largest absolute Gasteiger partial charge is 0.462 e. The van der Waals surface area contributed by atoms with Crippen LogP contribution in [0.2, 0.25) is 0 Å². The Bertz CT molecular complexity index is 717. The zero-order valence-corrected chi connectivity index (χ0v) is 17.4. The first-order valence-corrected chi connectivity index (χ1v) is 10.7. The van der Waals surface area contributed by atoms with Crippen LogP contribution in [-0.4, -0.2) is 19.0 Å². The van der Waals surface area contributed by atoms with Gasteiger partial charge in [-0.1, -0.05) is 26.0 Å². The van der Waals surface area contributed by atoms with Crippen molar-refractivity contribution in [1.29, 1.82) is 0 Å². The molecular weight excluding hydrogens is 355 g/mol. The molecule has 0 saturated carbocycles. The van der Waals surface area contributed by atoms with E-state index in [1.54, 1.807) is 6.08 Å². The van der Waals surface area contributed by atoms with E-state index in [1.807, 2.05) is 19.1 Å². The molecule has 1 aromatic rings. The molecule has 3 nitrogen and oxygen atoms in total. The summed E-state index contributed by atoms with van der Waals surface area (Å²) in [7, 11) is 0. The first kappa shape index (κ1) is 21.1. The summed E-state index contributed by atoms with van der Waals surface area (Å²) in [6, 6.07) is 6.12. The zero-order valence-electron chi connectivity index (χ0n) is 17.4. The Morgan fingerprint density at radius 3 is 2.64 bits per heavy atom. The van der Waals surface area contributed by atoms with Crippen molar-refractivity contribution < 1.29 is 18.6 Å². The lowest BCUT2D eigenvalue weighted by Crippen LogP contribution is -2.41. The molecule has 0 amide bonds. The second-order valence-corrected chi connectivity index (χ2v) is 7.73. The fourth-order valence-electron chi connectivity index (χ4n) is 4.08. The fraction of sp³-hybridized carbons (Fsp3) is 0.583. The van der Waals surface area contributed by atoms with Crippen molar-refractivity contribution in [2.75, 3.05) is 13.2 Å². The van der Waals surface area contributed by atoms with E-state index >= 15 is 0 Å². The molecule has 4 heteroatoms. The van der Waals surface area contributed by atoms with E-state index in [0.29, 0.717) is 26.2 Å². The van der Waals surface area contributed by atoms with Gasteiger partial charge in [0.05, 0.1) is 6.61 Å². The highest BCUT2D eigenvalue weighted by atomic mass is 19.1. The van der Waals surface area contributed by atoms with Gasteiger partial charge in [0.1, 0.15) is 11.6 Å². The maximum absolute atomic E-state index is 14.5. The van der Waals surface area contributed by atoms with Gasteiger partial charge in [-0.25, -0.2) is 4.39 Å². The zero-order chi connectivity index (χ0) is 20.0. The van der Waals surface area contributed by atoms with Gasteiger partial charge in [-0.15, -0.1) is 0 Å². The van der Waals surface area contributed by atoms with Crippen LogP contribution in [0.3, 0.4) is 0 Å². The number of hydrogen-bond donors (Lipinski definition) is 0. The number of benzene rings is 1. The van der Waals surface area contributed by atoms with Crippen molar-refractivity contribution in [3.8, 4) is 5.75 Å². The second-order valence-electron chi connectivity index (χ2n) is 7.73. The number of allylic oxidation sites excluding steroid dienone is 4. The van der Waals surface area contributed by atoms with E-state index < -0.39 is 5.79 Å². The van der Waals surface area contributed by atoms with Gasteiger partial charge in [-0.2, -0.15) is 0 Å². The normalized spacial score (nSPS) is 20.8. The molecule has 154 valence electrons. The van der Waals surface area contributed by atoms with E-state index in [1.165, 1.54) is 0 Å². The van der Waals surface area contributed by atoms with Crippen LogP contribution in [0.1, 0.15) is 70.4 Å². The summed E-state index contributed by atoms with van der Waals surface area (Å²) in [5.41, 5.74) is 2.99. The molecule has 0 fully saturated rings. The van der Waals surface area contributed by atoms with E-state index in [4.69, 9.17) is 14.2 Å². The van der Waals surface area contributed by atoms with Crippen LogP contribution in [-0.2, 0) is 16.1 Å². The maximum Gasteiger partial charge on any atom is 0.210 e. The lowest BCUT2D eigenvalue weighted by atomic mass is 9.89. The Kier molecular flexibility index (Phi) is 7.30. The third-order valence-electron chi connectivity index (χ3n) is 5.56. The molecule has 1 aliphatic carbocycles. The highest BCUT2D eigenvalue weighted by Crippen LogP contribution is 2.39. The summed E-state index contributed by atoms with van der Waals surface area (Å²) in [4.78, 5) is 0. The van der Waals surface area contributed by atoms with Crippen molar-refractivity contribution >= 4 is 5.57 Å². The highest BCUT2D eigenvalue weighted by molar-refractivity contribution is 5.76. The molecule has 1 aliphatic heterocycles. The standard InChI is InChI=1S/C24H33FO3/c1-4-12-24(13-5-2)27-17-21-15-19(9-10-23(21)28-24)20-8-7-18(22(25)16-20)11-14-26-6-3/h8-10,15-16,18H,4-7,11-14,17H2,1-3H3. The van der Waals surface area contributed by atoms with Gasteiger partial charge >= 0.3 is 0 Å². The Labute approximate surface area is 168 Å². The van der Waals surface area contributed by atoms with Gasteiger partial charge in [0, 0.05) is 37.5 Å². The molecule has 0 aromatic heterocycles. The molecule has 1 heterocycles. The van der Waals surface area contributed by atoms with Crippen molar-refractivity contribution in [3.05, 3.63) is 47.3 Å². The van der Waals surface area contributed by atoms with Gasteiger partial charge < -0.3 is 14.2 Å². The Balaban J connectivity index is 1.72. The summed E-state index contributed by atoms with van der Waals surface area (Å²) in [6.07, 6.45) is 9.07. The molecule has 28 heavy (non-hydrogen) atoms. The van der Waals surface area contributed by atoms with Crippen LogP contribution in [0.4, 0.5) is 4.39 Å². The van der Waals surface area contributed by atoms with Gasteiger partial charge in [0.15, 0.2) is 0 Å². The average Bonchev–Trinajstić information content (AvgIpc) is 2.69. The van der Waals surface area contributed by atoms with Crippen LogP contribution in [0, 0.1) is 5.92 Å². The van der Waals surface area contributed by atoms with Crippen LogP contribution in [0.25, 0.3) is 5.57 Å². The lowest BCUT2D eigenvalue weighted by Gasteiger charge is -2.38. The molecule has 1 atom stereocenters. The minimum Gasteiger partial charge on any atom is -0.462 e. The quantitative estimate of drug-likeness (QED) is 0.447. The van der Waals surface area contributed by atoms with Crippen molar-refractivity contribution in [1.82, 2.24) is 0 Å². The van der Waals surface area contributed by atoms with Crippen molar-refractivity contribution in [3.63, 3.8) is 0 Å². The number of hydrogen-bond acceptors (Lipinski definition) is 3. The second kappa shape index (κ2) is 9.71. The van der Waals surface area contributed by atoms with Crippen molar-refractivity contribution in [2.24, 2.45) is 5.92 Å². The monoisotopic (exact) mass is 388 g/mol. The summed E-state index contributed by atoms with van der Waals surface area (Å²) >= 11 is 0. The number of fused-ring (bicyclic) bond motifs is 1. The molecule has 0 saturated heterocycles. The fourth-order valence-corrected chi connectivity index (χ4v) is 4.08. The molecule has 0 spiro atoms. The summed E-state index contributed by atoms with van der Waals surface area (Å²) in [5.74, 6) is 0.282. The molecule has 3 rings (SSSR count). The predicted molar refractivity (Wildman–Crippen MR) is 111 cm³/mol. The van der Waals surface area contributed by atoms with E-state index in [9.17, 15) is 4.39 Å². The number of rotatable bonds is 9. The predicted octanol–water partition coefficient (Wildman–Crippen LogP) is 6.58. The third kappa shape index (κ3) is 4.84. The van der Waals surface area contributed by atoms with Gasteiger partial charge in [0.2, 0.25) is 5.79 Å².